The average molecular weight is 368 g/mol. The number of halogens is 1. The van der Waals surface area contributed by atoms with Crippen molar-refractivity contribution in [3.05, 3.63) is 65.6 Å². The molecule has 3 rings (SSSR count). The van der Waals surface area contributed by atoms with Crippen LogP contribution in [0.25, 0.3) is 11.3 Å². The summed E-state index contributed by atoms with van der Waals surface area (Å²) in [6, 6.07) is 12.6. The minimum Gasteiger partial charge on any atom is -0.497 e. The van der Waals surface area contributed by atoms with Crippen molar-refractivity contribution < 1.29 is 18.7 Å². The molecule has 3 aromatic rings. The maximum absolute atomic E-state index is 13.0. The number of aromatic nitrogens is 2. The van der Waals surface area contributed by atoms with E-state index in [1.54, 1.807) is 50.6 Å². The normalized spacial score (nSPS) is 10.8. The van der Waals surface area contributed by atoms with E-state index in [9.17, 15) is 9.18 Å². The SMILES string of the molecule is COc1ccc(OC)c(C=NNC(=O)c2cc(-c3ccc(F)cc3)n[nH]2)c1. The van der Waals surface area contributed by atoms with Crippen LogP contribution >= 0.6 is 0 Å². The van der Waals surface area contributed by atoms with Gasteiger partial charge in [-0.2, -0.15) is 10.2 Å². The summed E-state index contributed by atoms with van der Waals surface area (Å²) < 4.78 is 23.4. The number of benzene rings is 2. The Labute approximate surface area is 154 Å². The number of hydrazone groups is 1. The standard InChI is InChI=1S/C19H17FN4O3/c1-26-15-7-8-18(27-2)13(9-15)11-21-24-19(25)17-10-16(22-23-17)12-3-5-14(20)6-4-12/h3-11H,1-2H3,(H,22,23)(H,24,25). The molecule has 0 aliphatic rings. The number of ether oxygens (including phenoxy) is 2. The van der Waals surface area contributed by atoms with Gasteiger partial charge in [0.25, 0.3) is 5.91 Å². The van der Waals surface area contributed by atoms with Crippen LogP contribution < -0.4 is 14.9 Å². The molecular weight excluding hydrogens is 351 g/mol. The first-order valence-electron chi connectivity index (χ1n) is 7.97. The molecule has 1 aromatic heterocycles. The number of amides is 1. The quantitative estimate of drug-likeness (QED) is 0.517. The van der Waals surface area contributed by atoms with Crippen LogP contribution in [0.1, 0.15) is 16.1 Å². The van der Waals surface area contributed by atoms with Crippen LogP contribution in [0.3, 0.4) is 0 Å². The number of rotatable bonds is 6. The fraction of sp³-hybridized carbons (Fsp3) is 0.105. The van der Waals surface area contributed by atoms with Crippen molar-refractivity contribution in [2.24, 2.45) is 5.10 Å². The van der Waals surface area contributed by atoms with Crippen molar-refractivity contribution in [1.29, 1.82) is 0 Å². The van der Waals surface area contributed by atoms with Crippen molar-refractivity contribution in [1.82, 2.24) is 15.6 Å². The highest BCUT2D eigenvalue weighted by atomic mass is 19.1. The average Bonchev–Trinajstić information content (AvgIpc) is 3.18. The first-order valence-corrected chi connectivity index (χ1v) is 7.97. The lowest BCUT2D eigenvalue weighted by molar-refractivity contribution is 0.0950. The Balaban J connectivity index is 1.69. The van der Waals surface area contributed by atoms with Gasteiger partial charge in [-0.25, -0.2) is 9.82 Å². The molecular formula is C19H17FN4O3. The van der Waals surface area contributed by atoms with Crippen LogP contribution in [0.2, 0.25) is 0 Å². The summed E-state index contributed by atoms with van der Waals surface area (Å²) >= 11 is 0. The monoisotopic (exact) mass is 368 g/mol. The van der Waals surface area contributed by atoms with Gasteiger partial charge in [-0.05, 0) is 48.5 Å². The van der Waals surface area contributed by atoms with Crippen molar-refractivity contribution in [3.63, 3.8) is 0 Å². The van der Waals surface area contributed by atoms with E-state index in [4.69, 9.17) is 9.47 Å². The molecule has 0 spiro atoms. The number of hydrogen-bond donors (Lipinski definition) is 2. The van der Waals surface area contributed by atoms with Crippen molar-refractivity contribution >= 4 is 12.1 Å². The highest BCUT2D eigenvalue weighted by Gasteiger charge is 2.10. The second kappa shape index (κ2) is 8.13. The van der Waals surface area contributed by atoms with Crippen LogP contribution in [-0.4, -0.2) is 36.5 Å². The summed E-state index contributed by atoms with van der Waals surface area (Å²) in [5, 5.41) is 10.6. The molecule has 0 radical (unpaired) electrons. The minimum absolute atomic E-state index is 0.226. The first kappa shape index (κ1) is 18.1. The van der Waals surface area contributed by atoms with Gasteiger partial charge in [0.05, 0.1) is 26.1 Å². The third-order valence-electron chi connectivity index (χ3n) is 3.77. The Kier molecular flexibility index (Phi) is 5.46. The minimum atomic E-state index is -0.464. The highest BCUT2D eigenvalue weighted by molar-refractivity contribution is 5.94. The molecule has 0 saturated heterocycles. The third-order valence-corrected chi connectivity index (χ3v) is 3.77. The number of H-pyrrole nitrogens is 1. The molecule has 0 atom stereocenters. The van der Waals surface area contributed by atoms with Gasteiger partial charge in [-0.1, -0.05) is 0 Å². The number of carbonyl (C=O) groups is 1. The predicted octanol–water partition coefficient (Wildman–Crippen LogP) is 3.00. The van der Waals surface area contributed by atoms with Gasteiger partial charge in [-0.15, -0.1) is 0 Å². The lowest BCUT2D eigenvalue weighted by Gasteiger charge is -2.06. The summed E-state index contributed by atoms with van der Waals surface area (Å²) in [4.78, 5) is 12.2. The van der Waals surface area contributed by atoms with Gasteiger partial charge in [0.1, 0.15) is 23.0 Å². The second-order valence-electron chi connectivity index (χ2n) is 5.48. The van der Waals surface area contributed by atoms with Crippen LogP contribution in [0, 0.1) is 5.82 Å². The Morgan fingerprint density at radius 3 is 2.63 bits per heavy atom. The summed E-state index contributed by atoms with van der Waals surface area (Å²) in [5.41, 5.74) is 4.50. The Morgan fingerprint density at radius 1 is 1.15 bits per heavy atom. The molecule has 1 heterocycles. The van der Waals surface area contributed by atoms with Crippen molar-refractivity contribution in [3.8, 4) is 22.8 Å². The number of hydrogen-bond acceptors (Lipinski definition) is 5. The van der Waals surface area contributed by atoms with Crippen molar-refractivity contribution in [2.45, 2.75) is 0 Å². The molecule has 7 nitrogen and oxygen atoms in total. The molecule has 2 N–H and O–H groups in total. The molecule has 8 heteroatoms. The zero-order valence-corrected chi connectivity index (χ0v) is 14.7. The number of nitrogens with one attached hydrogen (secondary N) is 2. The van der Waals surface area contributed by atoms with Crippen LogP contribution in [0.4, 0.5) is 4.39 Å². The van der Waals surface area contributed by atoms with E-state index in [1.807, 2.05) is 0 Å². The topological polar surface area (TPSA) is 88.6 Å². The van der Waals surface area contributed by atoms with E-state index >= 15 is 0 Å². The number of nitrogens with zero attached hydrogens (tertiary/aromatic N) is 2. The molecule has 0 aliphatic heterocycles. The highest BCUT2D eigenvalue weighted by Crippen LogP contribution is 2.22. The molecule has 0 unspecified atom stereocenters. The summed E-state index contributed by atoms with van der Waals surface area (Å²) in [6.45, 7) is 0. The summed E-state index contributed by atoms with van der Waals surface area (Å²) in [5.74, 6) is 0.429. The molecule has 27 heavy (non-hydrogen) atoms. The van der Waals surface area contributed by atoms with E-state index < -0.39 is 5.91 Å². The van der Waals surface area contributed by atoms with Gasteiger partial charge in [0.15, 0.2) is 0 Å². The maximum atomic E-state index is 13.0. The molecule has 0 bridgehead atoms. The van der Waals surface area contributed by atoms with Gasteiger partial charge in [-0.3, -0.25) is 9.89 Å². The molecule has 0 saturated carbocycles. The maximum Gasteiger partial charge on any atom is 0.289 e. The van der Waals surface area contributed by atoms with Gasteiger partial charge < -0.3 is 9.47 Å². The molecule has 138 valence electrons. The zero-order chi connectivity index (χ0) is 19.2. The fourth-order valence-electron chi connectivity index (χ4n) is 2.37. The predicted molar refractivity (Wildman–Crippen MR) is 98.6 cm³/mol. The number of methoxy groups -OCH3 is 2. The molecule has 2 aromatic carbocycles. The van der Waals surface area contributed by atoms with Gasteiger partial charge in [0, 0.05) is 11.1 Å². The Morgan fingerprint density at radius 2 is 1.93 bits per heavy atom. The summed E-state index contributed by atoms with van der Waals surface area (Å²) in [7, 11) is 3.10. The smallest absolute Gasteiger partial charge is 0.289 e. The Hall–Kier alpha value is -3.68. The van der Waals surface area contributed by atoms with E-state index in [-0.39, 0.29) is 11.5 Å². The van der Waals surface area contributed by atoms with Gasteiger partial charge in [0.2, 0.25) is 0 Å². The largest absolute Gasteiger partial charge is 0.497 e. The summed E-state index contributed by atoms with van der Waals surface area (Å²) in [6.07, 6.45) is 1.45. The second-order valence-corrected chi connectivity index (χ2v) is 5.48. The Bertz CT molecular complexity index is 967. The fourth-order valence-corrected chi connectivity index (χ4v) is 2.37. The number of carbonyl (C=O) groups excluding carboxylic acids is 1. The zero-order valence-electron chi connectivity index (χ0n) is 14.7. The van der Waals surface area contributed by atoms with E-state index in [0.29, 0.717) is 28.3 Å². The molecule has 0 fully saturated rings. The van der Waals surface area contributed by atoms with Crippen LogP contribution in [0.5, 0.6) is 11.5 Å². The first-order chi connectivity index (χ1) is 13.1. The third kappa shape index (κ3) is 4.30. The van der Waals surface area contributed by atoms with E-state index in [1.165, 1.54) is 18.3 Å². The van der Waals surface area contributed by atoms with E-state index in [0.717, 1.165) is 0 Å². The van der Waals surface area contributed by atoms with Crippen LogP contribution in [-0.2, 0) is 0 Å². The number of aromatic amines is 1. The molecule has 1 amide bonds. The molecule has 0 aliphatic carbocycles. The lowest BCUT2D eigenvalue weighted by atomic mass is 10.1. The van der Waals surface area contributed by atoms with Crippen LogP contribution in [0.15, 0.2) is 53.6 Å². The van der Waals surface area contributed by atoms with E-state index in [2.05, 4.69) is 20.7 Å². The van der Waals surface area contributed by atoms with Gasteiger partial charge >= 0.3 is 0 Å². The lowest BCUT2D eigenvalue weighted by Crippen LogP contribution is -2.18. The van der Waals surface area contributed by atoms with Crippen molar-refractivity contribution in [2.75, 3.05) is 14.2 Å².